The summed E-state index contributed by atoms with van der Waals surface area (Å²) >= 11 is 0. The van der Waals surface area contributed by atoms with Crippen LogP contribution in [0.3, 0.4) is 0 Å². The van der Waals surface area contributed by atoms with Crippen LogP contribution in [0, 0.1) is 12.3 Å². The summed E-state index contributed by atoms with van der Waals surface area (Å²) in [6.45, 7) is 4.06. The standard InChI is InChI=1S/C9H16N.ClH.Mg/c1-2-6-10(7-3-1)8-9-4-5-9;;/h1,9H,2-8H2;1H;/q-1;;+2/p-1. The molecule has 1 saturated carbocycles. The second kappa shape index (κ2) is 6.47. The summed E-state index contributed by atoms with van der Waals surface area (Å²) in [6, 6.07) is 0. The fourth-order valence-electron chi connectivity index (χ4n) is 1.65. The molecule has 0 bridgehead atoms. The Morgan fingerprint density at radius 3 is 2.25 bits per heavy atom. The number of likely N-dealkylation sites (tertiary alicyclic amines) is 1. The van der Waals surface area contributed by atoms with Gasteiger partial charge in [0.1, 0.15) is 0 Å². The van der Waals surface area contributed by atoms with Gasteiger partial charge in [0.05, 0.1) is 0 Å². The van der Waals surface area contributed by atoms with Crippen molar-refractivity contribution >= 4 is 23.1 Å². The van der Waals surface area contributed by atoms with Gasteiger partial charge in [0.2, 0.25) is 0 Å². The number of hydrogen-bond donors (Lipinski definition) is 0. The monoisotopic (exact) mass is 197 g/mol. The van der Waals surface area contributed by atoms with E-state index in [-0.39, 0.29) is 35.5 Å². The van der Waals surface area contributed by atoms with Gasteiger partial charge < -0.3 is 23.7 Å². The van der Waals surface area contributed by atoms with E-state index in [0.29, 0.717) is 0 Å². The van der Waals surface area contributed by atoms with E-state index in [1.165, 1.54) is 45.3 Å². The van der Waals surface area contributed by atoms with Crippen LogP contribution in [0.2, 0.25) is 0 Å². The first-order valence-electron chi connectivity index (χ1n) is 4.49. The van der Waals surface area contributed by atoms with Crippen molar-refractivity contribution in [3.8, 4) is 0 Å². The van der Waals surface area contributed by atoms with Crippen molar-refractivity contribution in [3.05, 3.63) is 6.42 Å². The molecular weight excluding hydrogens is 182 g/mol. The number of hydrogen-bond acceptors (Lipinski definition) is 1. The number of halogens is 1. The summed E-state index contributed by atoms with van der Waals surface area (Å²) in [4.78, 5) is 2.62. The van der Waals surface area contributed by atoms with Gasteiger partial charge in [0, 0.05) is 6.54 Å². The van der Waals surface area contributed by atoms with Crippen LogP contribution in [0.5, 0.6) is 0 Å². The number of nitrogens with zero attached hydrogens (tertiary/aromatic N) is 1. The van der Waals surface area contributed by atoms with Crippen LogP contribution in [-0.4, -0.2) is 47.6 Å². The summed E-state index contributed by atoms with van der Waals surface area (Å²) in [7, 11) is 0. The van der Waals surface area contributed by atoms with Crippen molar-refractivity contribution in [3.63, 3.8) is 0 Å². The molecule has 12 heavy (non-hydrogen) atoms. The Morgan fingerprint density at radius 1 is 1.17 bits per heavy atom. The smallest absolute Gasteiger partial charge is 1.00 e. The number of rotatable bonds is 2. The Kier molecular flexibility index (Phi) is 7.01. The second-order valence-electron chi connectivity index (χ2n) is 3.61. The Bertz CT molecular complexity index is 111. The summed E-state index contributed by atoms with van der Waals surface area (Å²) in [5, 5.41) is 0. The molecule has 0 amide bonds. The predicted octanol–water partition coefficient (Wildman–Crippen LogP) is -1.68. The molecule has 0 atom stereocenters. The van der Waals surface area contributed by atoms with E-state index in [1.54, 1.807) is 0 Å². The molecule has 0 aromatic heterocycles. The summed E-state index contributed by atoms with van der Waals surface area (Å²) in [5.74, 6) is 1.08. The zero-order chi connectivity index (χ0) is 6.81. The molecule has 0 radical (unpaired) electrons. The van der Waals surface area contributed by atoms with Crippen LogP contribution >= 0.6 is 0 Å². The van der Waals surface area contributed by atoms with Crippen LogP contribution in [-0.2, 0) is 0 Å². The molecule has 2 aliphatic rings. The van der Waals surface area contributed by atoms with Crippen molar-refractivity contribution in [1.29, 1.82) is 0 Å². The van der Waals surface area contributed by atoms with Crippen molar-refractivity contribution in [2.45, 2.75) is 25.7 Å². The molecule has 2 fully saturated rings. The van der Waals surface area contributed by atoms with E-state index < -0.39 is 0 Å². The molecule has 1 nitrogen and oxygen atoms in total. The Labute approximate surface area is 97.8 Å². The molecule has 1 saturated heterocycles. The average Bonchev–Trinajstić information content (AvgIpc) is 2.74. The number of piperidine rings is 1. The van der Waals surface area contributed by atoms with Gasteiger partial charge in [-0.25, -0.2) is 0 Å². The molecule has 1 aliphatic heterocycles. The first kappa shape index (κ1) is 13.0. The Hall–Kier alpha value is 1.02. The van der Waals surface area contributed by atoms with Crippen LogP contribution < -0.4 is 12.4 Å². The van der Waals surface area contributed by atoms with Crippen molar-refractivity contribution in [2.24, 2.45) is 5.92 Å². The SMILES string of the molecule is [CH-]1CCN(CC2CC2)CC1.[Cl-].[Mg+2]. The zero-order valence-corrected chi connectivity index (χ0v) is 9.81. The first-order chi connectivity index (χ1) is 4.95. The minimum atomic E-state index is 0. The van der Waals surface area contributed by atoms with Gasteiger partial charge in [-0.1, -0.05) is 0 Å². The third-order valence-corrected chi connectivity index (χ3v) is 2.51. The minimum absolute atomic E-state index is 0. The van der Waals surface area contributed by atoms with Gasteiger partial charge in [-0.15, -0.1) is 0 Å². The molecular formula is C9H16ClMgN. The molecule has 1 aliphatic carbocycles. The van der Waals surface area contributed by atoms with Crippen molar-refractivity contribution in [2.75, 3.05) is 19.6 Å². The van der Waals surface area contributed by atoms with E-state index in [9.17, 15) is 0 Å². The topological polar surface area (TPSA) is 3.24 Å². The van der Waals surface area contributed by atoms with E-state index in [1.807, 2.05) is 0 Å². The van der Waals surface area contributed by atoms with E-state index in [2.05, 4.69) is 11.3 Å². The second-order valence-corrected chi connectivity index (χ2v) is 3.61. The van der Waals surface area contributed by atoms with Crippen LogP contribution in [0.1, 0.15) is 25.7 Å². The predicted molar refractivity (Wildman–Crippen MR) is 48.5 cm³/mol. The zero-order valence-electron chi connectivity index (χ0n) is 7.64. The van der Waals surface area contributed by atoms with Crippen LogP contribution in [0.4, 0.5) is 0 Å². The fourth-order valence-corrected chi connectivity index (χ4v) is 1.65. The molecule has 1 heterocycles. The van der Waals surface area contributed by atoms with Gasteiger partial charge in [-0.2, -0.15) is 12.8 Å². The minimum Gasteiger partial charge on any atom is -1.00 e. The third-order valence-electron chi connectivity index (χ3n) is 2.51. The van der Waals surface area contributed by atoms with E-state index >= 15 is 0 Å². The third kappa shape index (κ3) is 4.31. The molecule has 0 spiro atoms. The maximum absolute atomic E-state index is 2.62. The first-order valence-corrected chi connectivity index (χ1v) is 4.49. The van der Waals surface area contributed by atoms with Crippen molar-refractivity contribution < 1.29 is 12.4 Å². The van der Waals surface area contributed by atoms with E-state index in [4.69, 9.17) is 0 Å². The van der Waals surface area contributed by atoms with Gasteiger partial charge >= 0.3 is 23.1 Å². The molecule has 2 rings (SSSR count). The Morgan fingerprint density at radius 2 is 1.75 bits per heavy atom. The largest absolute Gasteiger partial charge is 2.00 e. The molecule has 0 aromatic carbocycles. The average molecular weight is 198 g/mol. The molecule has 0 N–H and O–H groups in total. The van der Waals surface area contributed by atoms with Crippen molar-refractivity contribution in [1.82, 2.24) is 4.90 Å². The molecule has 0 aromatic rings. The quantitative estimate of drug-likeness (QED) is 0.378. The fraction of sp³-hybridized carbons (Fsp3) is 0.889. The normalized spacial score (nSPS) is 24.0. The van der Waals surface area contributed by atoms with Crippen LogP contribution in [0.15, 0.2) is 0 Å². The van der Waals surface area contributed by atoms with Gasteiger partial charge in [0.25, 0.3) is 0 Å². The molecule has 3 heteroatoms. The van der Waals surface area contributed by atoms with E-state index in [0.717, 1.165) is 5.92 Å². The summed E-state index contributed by atoms with van der Waals surface area (Å²) < 4.78 is 0. The maximum atomic E-state index is 2.62. The Balaban J connectivity index is 0.000000605. The summed E-state index contributed by atoms with van der Waals surface area (Å²) in [5.41, 5.74) is 0. The summed E-state index contributed by atoms with van der Waals surface area (Å²) in [6.07, 6.45) is 8.07. The van der Waals surface area contributed by atoms with Crippen LogP contribution in [0.25, 0.3) is 0 Å². The maximum Gasteiger partial charge on any atom is 2.00 e. The molecule has 66 valence electrons. The van der Waals surface area contributed by atoms with Gasteiger partial charge in [-0.3, -0.25) is 0 Å². The van der Waals surface area contributed by atoms with Gasteiger partial charge in [-0.05, 0) is 31.8 Å². The molecule has 0 unspecified atom stereocenters. The van der Waals surface area contributed by atoms with Gasteiger partial charge in [0.15, 0.2) is 0 Å².